The standard InChI is InChI=1S/C20H21N3O3/c1-12-3-8-16-17(11-12)20(26)23(19(16)25)13(2)18(24)22-10-9-14-4-6-15(21)7-5-14/h3-8,11,13H,9-10,21H2,1-2H3,(H,22,24). The van der Waals surface area contributed by atoms with Crippen molar-refractivity contribution in [3.63, 3.8) is 0 Å². The number of hydrogen-bond donors (Lipinski definition) is 2. The van der Waals surface area contributed by atoms with E-state index in [0.717, 1.165) is 16.0 Å². The number of hydrogen-bond acceptors (Lipinski definition) is 4. The molecule has 1 heterocycles. The zero-order chi connectivity index (χ0) is 18.8. The number of nitrogens with two attached hydrogens (primary N) is 1. The van der Waals surface area contributed by atoms with Crippen LogP contribution in [0.2, 0.25) is 0 Å². The van der Waals surface area contributed by atoms with E-state index in [1.54, 1.807) is 37.3 Å². The maximum absolute atomic E-state index is 12.5. The molecule has 0 radical (unpaired) electrons. The molecule has 1 aliphatic heterocycles. The third kappa shape index (κ3) is 3.31. The first-order valence-corrected chi connectivity index (χ1v) is 8.49. The Morgan fingerprint density at radius 1 is 1.08 bits per heavy atom. The van der Waals surface area contributed by atoms with E-state index in [0.29, 0.717) is 29.8 Å². The number of carbonyl (C=O) groups excluding carboxylic acids is 3. The van der Waals surface area contributed by atoms with Crippen LogP contribution in [0.5, 0.6) is 0 Å². The molecule has 6 nitrogen and oxygen atoms in total. The summed E-state index contributed by atoms with van der Waals surface area (Å²) in [6.45, 7) is 3.83. The van der Waals surface area contributed by atoms with Crippen LogP contribution in [0.3, 0.4) is 0 Å². The van der Waals surface area contributed by atoms with E-state index in [2.05, 4.69) is 5.32 Å². The van der Waals surface area contributed by atoms with E-state index in [1.807, 2.05) is 19.1 Å². The molecule has 134 valence electrons. The number of nitrogens with one attached hydrogen (secondary N) is 1. The molecule has 0 aliphatic carbocycles. The van der Waals surface area contributed by atoms with Crippen LogP contribution in [0.25, 0.3) is 0 Å². The number of nitrogen functional groups attached to an aromatic ring is 1. The molecule has 0 aromatic heterocycles. The summed E-state index contributed by atoms with van der Waals surface area (Å²) in [5, 5.41) is 2.79. The molecule has 3 amide bonds. The molecule has 1 aliphatic rings. The summed E-state index contributed by atoms with van der Waals surface area (Å²) in [4.78, 5) is 38.5. The van der Waals surface area contributed by atoms with Crippen molar-refractivity contribution >= 4 is 23.4 Å². The Balaban J connectivity index is 1.63. The summed E-state index contributed by atoms with van der Waals surface area (Å²) in [6, 6.07) is 11.6. The van der Waals surface area contributed by atoms with Crippen molar-refractivity contribution in [2.24, 2.45) is 0 Å². The van der Waals surface area contributed by atoms with Gasteiger partial charge < -0.3 is 11.1 Å². The molecule has 0 spiro atoms. The van der Waals surface area contributed by atoms with Gasteiger partial charge in [0.25, 0.3) is 11.8 Å². The molecule has 1 atom stereocenters. The van der Waals surface area contributed by atoms with Crippen molar-refractivity contribution in [2.45, 2.75) is 26.3 Å². The molecule has 26 heavy (non-hydrogen) atoms. The van der Waals surface area contributed by atoms with Gasteiger partial charge in [-0.3, -0.25) is 19.3 Å². The van der Waals surface area contributed by atoms with Crippen molar-refractivity contribution in [2.75, 3.05) is 12.3 Å². The van der Waals surface area contributed by atoms with E-state index in [4.69, 9.17) is 5.73 Å². The molecule has 0 saturated heterocycles. The summed E-state index contributed by atoms with van der Waals surface area (Å²) in [7, 11) is 0. The van der Waals surface area contributed by atoms with Crippen LogP contribution in [-0.2, 0) is 11.2 Å². The third-order valence-corrected chi connectivity index (χ3v) is 4.53. The fourth-order valence-corrected chi connectivity index (χ4v) is 3.00. The lowest BCUT2D eigenvalue weighted by molar-refractivity contribution is -0.124. The first-order valence-electron chi connectivity index (χ1n) is 8.49. The van der Waals surface area contributed by atoms with Crippen LogP contribution in [0.15, 0.2) is 42.5 Å². The van der Waals surface area contributed by atoms with E-state index in [-0.39, 0.29) is 5.91 Å². The number of rotatable bonds is 5. The largest absolute Gasteiger partial charge is 0.399 e. The van der Waals surface area contributed by atoms with Gasteiger partial charge in [-0.05, 0) is 50.1 Å². The predicted molar refractivity (Wildman–Crippen MR) is 98.7 cm³/mol. The second-order valence-corrected chi connectivity index (χ2v) is 6.49. The van der Waals surface area contributed by atoms with Gasteiger partial charge in [-0.2, -0.15) is 0 Å². The summed E-state index contributed by atoms with van der Waals surface area (Å²) in [6.07, 6.45) is 0.639. The summed E-state index contributed by atoms with van der Waals surface area (Å²) in [5.41, 5.74) is 8.98. The Hall–Kier alpha value is -3.15. The Bertz CT molecular complexity index is 874. The van der Waals surface area contributed by atoms with Gasteiger partial charge >= 0.3 is 0 Å². The first-order chi connectivity index (χ1) is 12.4. The zero-order valence-electron chi connectivity index (χ0n) is 14.8. The monoisotopic (exact) mass is 351 g/mol. The van der Waals surface area contributed by atoms with Gasteiger partial charge in [-0.25, -0.2) is 0 Å². The summed E-state index contributed by atoms with van der Waals surface area (Å²) >= 11 is 0. The fourth-order valence-electron chi connectivity index (χ4n) is 3.00. The van der Waals surface area contributed by atoms with E-state index < -0.39 is 17.9 Å². The Morgan fingerprint density at radius 2 is 1.73 bits per heavy atom. The van der Waals surface area contributed by atoms with Crippen molar-refractivity contribution in [1.82, 2.24) is 10.2 Å². The minimum atomic E-state index is -0.867. The summed E-state index contributed by atoms with van der Waals surface area (Å²) < 4.78 is 0. The SMILES string of the molecule is Cc1ccc2c(c1)C(=O)N(C(C)C(=O)NCCc1ccc(N)cc1)C2=O. The minimum Gasteiger partial charge on any atom is -0.399 e. The van der Waals surface area contributed by atoms with Crippen molar-refractivity contribution < 1.29 is 14.4 Å². The minimum absolute atomic E-state index is 0.349. The van der Waals surface area contributed by atoms with Crippen LogP contribution in [0.1, 0.15) is 38.8 Å². The predicted octanol–water partition coefficient (Wildman–Crippen LogP) is 1.92. The number of carbonyl (C=O) groups is 3. The molecular weight excluding hydrogens is 330 g/mol. The van der Waals surface area contributed by atoms with Gasteiger partial charge in [0.1, 0.15) is 6.04 Å². The van der Waals surface area contributed by atoms with Crippen LogP contribution >= 0.6 is 0 Å². The lowest BCUT2D eigenvalue weighted by Gasteiger charge is -2.21. The van der Waals surface area contributed by atoms with Gasteiger partial charge in [-0.1, -0.05) is 23.8 Å². The molecule has 0 bridgehead atoms. The molecule has 2 aromatic rings. The van der Waals surface area contributed by atoms with Crippen LogP contribution in [0.4, 0.5) is 5.69 Å². The maximum Gasteiger partial charge on any atom is 0.262 e. The number of amides is 3. The smallest absolute Gasteiger partial charge is 0.262 e. The molecule has 2 aromatic carbocycles. The second kappa shape index (κ2) is 7.00. The van der Waals surface area contributed by atoms with Crippen LogP contribution < -0.4 is 11.1 Å². The molecule has 1 unspecified atom stereocenters. The number of aryl methyl sites for hydroxylation is 1. The lowest BCUT2D eigenvalue weighted by Crippen LogP contribution is -2.48. The average Bonchev–Trinajstić information content (AvgIpc) is 2.86. The first kappa shape index (κ1) is 17.7. The van der Waals surface area contributed by atoms with Gasteiger partial charge in [-0.15, -0.1) is 0 Å². The van der Waals surface area contributed by atoms with Crippen molar-refractivity contribution in [1.29, 1.82) is 0 Å². The maximum atomic E-state index is 12.5. The highest BCUT2D eigenvalue weighted by atomic mass is 16.2. The average molecular weight is 351 g/mol. The molecule has 3 N–H and O–H groups in total. The highest BCUT2D eigenvalue weighted by molar-refractivity contribution is 6.22. The Morgan fingerprint density at radius 3 is 2.42 bits per heavy atom. The van der Waals surface area contributed by atoms with Crippen LogP contribution in [-0.4, -0.2) is 35.2 Å². The highest BCUT2D eigenvalue weighted by Gasteiger charge is 2.40. The molecule has 3 rings (SSSR count). The third-order valence-electron chi connectivity index (χ3n) is 4.53. The molecule has 0 fully saturated rings. The highest BCUT2D eigenvalue weighted by Crippen LogP contribution is 2.25. The quantitative estimate of drug-likeness (QED) is 0.636. The van der Waals surface area contributed by atoms with Crippen LogP contribution in [0, 0.1) is 6.92 Å². The molecular formula is C20H21N3O3. The summed E-state index contributed by atoms with van der Waals surface area (Å²) in [5.74, 6) is -1.20. The second-order valence-electron chi connectivity index (χ2n) is 6.49. The normalized spacial score (nSPS) is 14.3. The topological polar surface area (TPSA) is 92.5 Å². The fraction of sp³-hybridized carbons (Fsp3) is 0.250. The zero-order valence-corrected chi connectivity index (χ0v) is 14.8. The number of fused-ring (bicyclic) bond motifs is 1. The number of nitrogens with zero attached hydrogens (tertiary/aromatic N) is 1. The van der Waals surface area contributed by atoms with Crippen molar-refractivity contribution in [3.8, 4) is 0 Å². The van der Waals surface area contributed by atoms with Crippen molar-refractivity contribution in [3.05, 3.63) is 64.7 Å². The van der Waals surface area contributed by atoms with E-state index in [9.17, 15) is 14.4 Å². The molecule has 6 heteroatoms. The van der Waals surface area contributed by atoms with Gasteiger partial charge in [0, 0.05) is 12.2 Å². The number of imide groups is 1. The number of anilines is 1. The Labute approximate surface area is 152 Å². The molecule has 0 saturated carbocycles. The Kier molecular flexibility index (Phi) is 4.75. The lowest BCUT2D eigenvalue weighted by atomic mass is 10.1. The van der Waals surface area contributed by atoms with Gasteiger partial charge in [0.05, 0.1) is 11.1 Å². The van der Waals surface area contributed by atoms with E-state index in [1.165, 1.54) is 0 Å². The van der Waals surface area contributed by atoms with Gasteiger partial charge in [0.2, 0.25) is 5.91 Å². The number of benzene rings is 2. The van der Waals surface area contributed by atoms with E-state index >= 15 is 0 Å². The van der Waals surface area contributed by atoms with Gasteiger partial charge in [0.15, 0.2) is 0 Å².